The summed E-state index contributed by atoms with van der Waals surface area (Å²) in [5.41, 5.74) is -2.43. The Hall–Kier alpha value is -3.14. The van der Waals surface area contributed by atoms with Crippen LogP contribution in [0.25, 0.3) is 5.82 Å². The van der Waals surface area contributed by atoms with E-state index in [1.165, 1.54) is 6.07 Å². The summed E-state index contributed by atoms with van der Waals surface area (Å²) in [7, 11) is -4.17. The van der Waals surface area contributed by atoms with Gasteiger partial charge < -0.3 is 5.32 Å². The molecule has 162 valence electrons. The van der Waals surface area contributed by atoms with Crippen LogP contribution < -0.4 is 10.0 Å². The third-order valence-corrected chi connectivity index (χ3v) is 5.00. The number of aromatic nitrogens is 3. The fourth-order valence-corrected chi connectivity index (χ4v) is 3.24. The van der Waals surface area contributed by atoms with Gasteiger partial charge >= 0.3 is 6.18 Å². The van der Waals surface area contributed by atoms with Crippen LogP contribution in [0.3, 0.4) is 0 Å². The number of nitriles is 1. The molecule has 0 spiro atoms. The van der Waals surface area contributed by atoms with Crippen LogP contribution in [-0.2, 0) is 21.0 Å². The van der Waals surface area contributed by atoms with E-state index in [-0.39, 0.29) is 28.5 Å². The van der Waals surface area contributed by atoms with Crippen molar-refractivity contribution in [3.05, 3.63) is 29.6 Å². The Kier molecular flexibility index (Phi) is 6.13. The van der Waals surface area contributed by atoms with Crippen molar-refractivity contribution in [2.24, 2.45) is 5.41 Å². The number of alkyl halides is 3. The number of halogens is 3. The topological polar surface area (TPSA) is 130 Å². The molecular weight excluding hydrogens is 425 g/mol. The molecule has 2 heterocycles. The smallest absolute Gasteiger partial charge is 0.368 e. The lowest BCUT2D eigenvalue weighted by Crippen LogP contribution is -2.28. The van der Waals surface area contributed by atoms with E-state index in [1.54, 1.807) is 4.72 Å². The van der Waals surface area contributed by atoms with E-state index < -0.39 is 33.4 Å². The molecule has 2 aromatic heterocycles. The molecule has 2 N–H and O–H groups in total. The molecule has 9 nitrogen and oxygen atoms in total. The largest absolute Gasteiger partial charge is 0.436 e. The number of carbonyl (C=O) groups is 1. The van der Waals surface area contributed by atoms with Crippen LogP contribution in [0.1, 0.15) is 39.0 Å². The summed E-state index contributed by atoms with van der Waals surface area (Å²) < 4.78 is 66.7. The fraction of sp³-hybridized carbons (Fsp3) is 0.412. The number of nitrogens with one attached hydrogen (secondary N) is 2. The standard InChI is InChI=1S/C17H19F3N6O3S/c1-10(27)25-30(28,29)11-5-6-13(22-8-11)26-15(23-9-16(2,3)4)12(7-21)14(24-26)17(18,19)20/h5-6,8,23H,9H2,1-4H3,(H,25,27). The number of pyridine rings is 1. The van der Waals surface area contributed by atoms with E-state index in [9.17, 15) is 31.6 Å². The maximum Gasteiger partial charge on any atom is 0.436 e. The number of hydrogen-bond acceptors (Lipinski definition) is 7. The molecule has 0 aliphatic rings. The van der Waals surface area contributed by atoms with E-state index in [2.05, 4.69) is 15.4 Å². The average Bonchev–Trinajstić information content (AvgIpc) is 2.97. The summed E-state index contributed by atoms with van der Waals surface area (Å²) >= 11 is 0. The third-order valence-electron chi connectivity index (χ3n) is 3.58. The highest BCUT2D eigenvalue weighted by Gasteiger charge is 2.40. The van der Waals surface area contributed by atoms with Crippen molar-refractivity contribution in [1.29, 1.82) is 5.26 Å². The molecule has 0 bridgehead atoms. The van der Waals surface area contributed by atoms with Crippen LogP contribution in [0, 0.1) is 16.7 Å². The molecule has 0 aromatic carbocycles. The molecule has 1 amide bonds. The van der Waals surface area contributed by atoms with Crippen molar-refractivity contribution in [3.8, 4) is 11.9 Å². The maximum absolute atomic E-state index is 13.4. The molecule has 30 heavy (non-hydrogen) atoms. The van der Waals surface area contributed by atoms with E-state index in [0.717, 1.165) is 29.9 Å². The van der Waals surface area contributed by atoms with E-state index in [0.29, 0.717) is 0 Å². The fourth-order valence-electron chi connectivity index (χ4n) is 2.31. The monoisotopic (exact) mass is 444 g/mol. The summed E-state index contributed by atoms with van der Waals surface area (Å²) in [6, 6.07) is 3.69. The molecule has 0 aliphatic carbocycles. The first-order valence-corrected chi connectivity index (χ1v) is 9.98. The first-order chi connectivity index (χ1) is 13.7. The van der Waals surface area contributed by atoms with Gasteiger partial charge in [0.15, 0.2) is 11.5 Å². The minimum atomic E-state index is -4.89. The van der Waals surface area contributed by atoms with E-state index in [4.69, 9.17) is 0 Å². The highest BCUT2D eigenvalue weighted by molar-refractivity contribution is 7.90. The SMILES string of the molecule is CC(=O)NS(=O)(=O)c1ccc(-n2nc(C(F)(F)F)c(C#N)c2NCC(C)(C)C)nc1. The summed E-state index contributed by atoms with van der Waals surface area (Å²) in [6.45, 7) is 6.77. The van der Waals surface area contributed by atoms with Gasteiger partial charge in [0.1, 0.15) is 22.3 Å². The van der Waals surface area contributed by atoms with Gasteiger partial charge in [-0.15, -0.1) is 0 Å². The second-order valence-electron chi connectivity index (χ2n) is 7.52. The molecule has 0 fully saturated rings. The van der Waals surface area contributed by atoms with Crippen molar-refractivity contribution in [3.63, 3.8) is 0 Å². The highest BCUT2D eigenvalue weighted by Crippen LogP contribution is 2.35. The van der Waals surface area contributed by atoms with Crippen LogP contribution >= 0.6 is 0 Å². The lowest BCUT2D eigenvalue weighted by atomic mass is 9.97. The van der Waals surface area contributed by atoms with Crippen LogP contribution in [0.15, 0.2) is 23.2 Å². The Labute approximate surface area is 171 Å². The van der Waals surface area contributed by atoms with Gasteiger partial charge in [0.05, 0.1) is 0 Å². The van der Waals surface area contributed by atoms with Crippen molar-refractivity contribution < 1.29 is 26.4 Å². The van der Waals surface area contributed by atoms with Crippen LogP contribution in [0.4, 0.5) is 19.0 Å². The van der Waals surface area contributed by atoms with Gasteiger partial charge in [-0.05, 0) is 17.5 Å². The zero-order valence-corrected chi connectivity index (χ0v) is 17.3. The summed E-state index contributed by atoms with van der Waals surface area (Å²) in [6.07, 6.45) is -4.02. The van der Waals surface area contributed by atoms with Crippen LogP contribution in [0.5, 0.6) is 0 Å². The lowest BCUT2D eigenvalue weighted by molar-refractivity contribution is -0.141. The number of nitrogens with zero attached hydrogens (tertiary/aromatic N) is 4. The van der Waals surface area contributed by atoms with Gasteiger partial charge in [0.2, 0.25) is 5.91 Å². The zero-order chi connectivity index (χ0) is 22.9. The molecule has 0 saturated carbocycles. The predicted octanol–water partition coefficient (Wildman–Crippen LogP) is 2.44. The predicted molar refractivity (Wildman–Crippen MR) is 100 cm³/mol. The van der Waals surface area contributed by atoms with Gasteiger partial charge in [-0.1, -0.05) is 20.8 Å². The van der Waals surface area contributed by atoms with Crippen LogP contribution in [-0.4, -0.2) is 35.6 Å². The summed E-state index contributed by atoms with van der Waals surface area (Å²) in [5, 5.41) is 15.6. The van der Waals surface area contributed by atoms with Crippen molar-refractivity contribution in [2.75, 3.05) is 11.9 Å². The normalized spacial score (nSPS) is 12.3. The number of sulfonamides is 1. The Morgan fingerprint density at radius 2 is 1.90 bits per heavy atom. The second kappa shape index (κ2) is 7.94. The van der Waals surface area contributed by atoms with Gasteiger partial charge in [0.25, 0.3) is 10.0 Å². The summed E-state index contributed by atoms with van der Waals surface area (Å²) in [4.78, 5) is 14.5. The molecule has 0 atom stereocenters. The molecular formula is C17H19F3N6O3S. The maximum atomic E-state index is 13.4. The Balaban J connectivity index is 2.58. The number of rotatable bonds is 5. The molecule has 2 aromatic rings. The minimum absolute atomic E-state index is 0.153. The zero-order valence-electron chi connectivity index (χ0n) is 16.5. The Morgan fingerprint density at radius 3 is 2.33 bits per heavy atom. The quantitative estimate of drug-likeness (QED) is 0.724. The number of hydrogen-bond donors (Lipinski definition) is 2. The lowest BCUT2D eigenvalue weighted by Gasteiger charge is -2.20. The Morgan fingerprint density at radius 1 is 1.27 bits per heavy atom. The molecule has 0 saturated heterocycles. The number of amides is 1. The summed E-state index contributed by atoms with van der Waals surface area (Å²) in [5.74, 6) is -1.18. The first kappa shape index (κ1) is 23.1. The molecule has 2 rings (SSSR count). The molecule has 13 heteroatoms. The first-order valence-electron chi connectivity index (χ1n) is 8.50. The molecule has 0 unspecified atom stereocenters. The number of anilines is 1. The molecule has 0 radical (unpaired) electrons. The third kappa shape index (κ3) is 5.26. The van der Waals surface area contributed by atoms with E-state index in [1.807, 2.05) is 20.8 Å². The van der Waals surface area contributed by atoms with E-state index >= 15 is 0 Å². The van der Waals surface area contributed by atoms with Gasteiger partial charge in [0, 0.05) is 19.7 Å². The van der Waals surface area contributed by atoms with Crippen molar-refractivity contribution in [2.45, 2.75) is 38.8 Å². The van der Waals surface area contributed by atoms with Crippen molar-refractivity contribution >= 4 is 21.7 Å². The minimum Gasteiger partial charge on any atom is -0.368 e. The van der Waals surface area contributed by atoms with Gasteiger partial charge in [-0.2, -0.15) is 28.2 Å². The second-order valence-corrected chi connectivity index (χ2v) is 9.20. The average molecular weight is 444 g/mol. The Bertz CT molecular complexity index is 1090. The van der Waals surface area contributed by atoms with Gasteiger partial charge in [-0.3, -0.25) is 4.79 Å². The highest BCUT2D eigenvalue weighted by atomic mass is 32.2. The van der Waals surface area contributed by atoms with Crippen molar-refractivity contribution in [1.82, 2.24) is 19.5 Å². The van der Waals surface area contributed by atoms with Gasteiger partial charge in [-0.25, -0.2) is 18.1 Å². The molecule has 0 aliphatic heterocycles. The van der Waals surface area contributed by atoms with Crippen LogP contribution in [0.2, 0.25) is 0 Å². The number of carbonyl (C=O) groups excluding carboxylic acids is 1.